The Kier molecular flexibility index (Phi) is 3.50. The van der Waals surface area contributed by atoms with E-state index in [1.165, 1.54) is 0 Å². The fourth-order valence-electron chi connectivity index (χ4n) is 1.07. The van der Waals surface area contributed by atoms with Crippen molar-refractivity contribution < 1.29 is 0 Å². The van der Waals surface area contributed by atoms with Crippen molar-refractivity contribution in [1.82, 2.24) is 9.97 Å². The van der Waals surface area contributed by atoms with Gasteiger partial charge in [-0.05, 0) is 26.3 Å². The molecule has 4 heteroatoms. The number of aromatic nitrogens is 2. The van der Waals surface area contributed by atoms with Gasteiger partial charge in [-0.15, -0.1) is 0 Å². The Morgan fingerprint density at radius 1 is 1.40 bits per heavy atom. The predicted octanol–water partition coefficient (Wildman–Crippen LogP) is 2.14. The molecule has 84 valence electrons. The molecular weight excluding hydrogens is 188 g/mol. The van der Waals surface area contributed by atoms with E-state index in [-0.39, 0.29) is 5.54 Å². The van der Waals surface area contributed by atoms with Crippen LogP contribution in [0.5, 0.6) is 0 Å². The topological polar surface area (TPSA) is 41.1 Å². The highest BCUT2D eigenvalue weighted by Crippen LogP contribution is 2.16. The molecule has 0 fully saturated rings. The summed E-state index contributed by atoms with van der Waals surface area (Å²) in [6.45, 7) is 6.47. The molecule has 0 bridgehead atoms. The monoisotopic (exact) mass is 208 g/mol. The Balaban J connectivity index is 2.82. The fraction of sp³-hybridized carbons (Fsp3) is 0.636. The van der Waals surface area contributed by atoms with Crippen molar-refractivity contribution in [2.45, 2.75) is 32.7 Å². The molecule has 0 saturated heterocycles. The smallest absolute Gasteiger partial charge is 0.226 e. The quantitative estimate of drug-likeness (QED) is 0.823. The van der Waals surface area contributed by atoms with E-state index in [1.807, 2.05) is 25.1 Å². The highest BCUT2D eigenvalue weighted by Gasteiger charge is 2.15. The number of nitrogens with one attached hydrogen (secondary N) is 1. The van der Waals surface area contributed by atoms with Crippen LogP contribution in [0.15, 0.2) is 12.3 Å². The summed E-state index contributed by atoms with van der Waals surface area (Å²) in [4.78, 5) is 10.5. The van der Waals surface area contributed by atoms with Crippen LogP contribution in [0.2, 0.25) is 0 Å². The van der Waals surface area contributed by atoms with Crippen molar-refractivity contribution in [3.63, 3.8) is 0 Å². The van der Waals surface area contributed by atoms with Crippen molar-refractivity contribution in [3.8, 4) is 0 Å². The minimum atomic E-state index is 0.0674. The van der Waals surface area contributed by atoms with Gasteiger partial charge < -0.3 is 10.2 Å². The molecule has 0 aliphatic carbocycles. The Hall–Kier alpha value is -1.32. The van der Waals surface area contributed by atoms with Crippen molar-refractivity contribution in [1.29, 1.82) is 0 Å². The minimum absolute atomic E-state index is 0.0674. The number of nitrogens with zero attached hydrogens (tertiary/aromatic N) is 3. The van der Waals surface area contributed by atoms with Crippen LogP contribution < -0.4 is 10.2 Å². The first-order valence-electron chi connectivity index (χ1n) is 5.23. The molecule has 1 aromatic heterocycles. The molecule has 0 aliphatic heterocycles. The largest absolute Gasteiger partial charge is 0.365 e. The lowest BCUT2D eigenvalue weighted by atomic mass is 10.0. The van der Waals surface area contributed by atoms with Crippen LogP contribution in [0.1, 0.15) is 27.2 Å². The van der Waals surface area contributed by atoms with Gasteiger partial charge >= 0.3 is 0 Å². The van der Waals surface area contributed by atoms with Crippen LogP contribution in [0.4, 0.5) is 11.8 Å². The molecule has 0 aromatic carbocycles. The first-order valence-corrected chi connectivity index (χ1v) is 5.23. The maximum atomic E-state index is 4.41. The molecule has 1 aromatic rings. The zero-order chi connectivity index (χ0) is 11.5. The standard InChI is InChI=1S/C11H20N4/c1-6-11(2,3)14-9-7-8-12-10(13-9)15(4)5/h7-8H,6H2,1-5H3,(H,12,13,14). The molecule has 0 unspecified atom stereocenters. The highest BCUT2D eigenvalue weighted by molar-refractivity contribution is 5.42. The van der Waals surface area contributed by atoms with Gasteiger partial charge in [0, 0.05) is 25.8 Å². The van der Waals surface area contributed by atoms with Crippen LogP contribution in [-0.4, -0.2) is 29.6 Å². The lowest BCUT2D eigenvalue weighted by Gasteiger charge is -2.25. The van der Waals surface area contributed by atoms with Gasteiger partial charge in [0.05, 0.1) is 0 Å². The summed E-state index contributed by atoms with van der Waals surface area (Å²) >= 11 is 0. The van der Waals surface area contributed by atoms with Gasteiger partial charge in [0.1, 0.15) is 5.82 Å². The van der Waals surface area contributed by atoms with E-state index in [2.05, 4.69) is 36.1 Å². The number of anilines is 2. The minimum Gasteiger partial charge on any atom is -0.365 e. The van der Waals surface area contributed by atoms with Crippen molar-refractivity contribution in [2.24, 2.45) is 0 Å². The van der Waals surface area contributed by atoms with Crippen molar-refractivity contribution in [3.05, 3.63) is 12.3 Å². The second-order valence-electron chi connectivity index (χ2n) is 4.50. The van der Waals surface area contributed by atoms with Crippen molar-refractivity contribution >= 4 is 11.8 Å². The molecule has 0 aliphatic rings. The van der Waals surface area contributed by atoms with Gasteiger partial charge in [-0.1, -0.05) is 6.92 Å². The summed E-state index contributed by atoms with van der Waals surface area (Å²) < 4.78 is 0. The van der Waals surface area contributed by atoms with Crippen LogP contribution >= 0.6 is 0 Å². The van der Waals surface area contributed by atoms with Gasteiger partial charge in [-0.25, -0.2) is 4.98 Å². The van der Waals surface area contributed by atoms with E-state index in [0.29, 0.717) is 0 Å². The lowest BCUT2D eigenvalue weighted by molar-refractivity contribution is 0.545. The summed E-state index contributed by atoms with van der Waals surface area (Å²) in [5.74, 6) is 1.60. The lowest BCUT2D eigenvalue weighted by Crippen LogP contribution is -2.30. The average Bonchev–Trinajstić information content (AvgIpc) is 2.17. The molecule has 1 rings (SSSR count). The van der Waals surface area contributed by atoms with E-state index in [0.717, 1.165) is 18.2 Å². The maximum absolute atomic E-state index is 4.41. The molecule has 15 heavy (non-hydrogen) atoms. The van der Waals surface area contributed by atoms with E-state index >= 15 is 0 Å². The fourth-order valence-corrected chi connectivity index (χ4v) is 1.07. The molecule has 0 spiro atoms. The van der Waals surface area contributed by atoms with E-state index in [1.54, 1.807) is 6.20 Å². The van der Waals surface area contributed by atoms with Gasteiger partial charge in [0.2, 0.25) is 5.95 Å². The zero-order valence-corrected chi connectivity index (χ0v) is 10.2. The van der Waals surface area contributed by atoms with E-state index in [9.17, 15) is 0 Å². The molecule has 4 nitrogen and oxygen atoms in total. The first-order chi connectivity index (χ1) is 6.94. The third-order valence-corrected chi connectivity index (χ3v) is 2.39. The second kappa shape index (κ2) is 4.47. The van der Waals surface area contributed by atoms with Gasteiger partial charge in [-0.3, -0.25) is 0 Å². The Labute approximate surface area is 91.7 Å². The number of hydrogen-bond donors (Lipinski definition) is 1. The summed E-state index contributed by atoms with van der Waals surface area (Å²) in [5.41, 5.74) is 0.0674. The molecule has 0 amide bonds. The van der Waals surface area contributed by atoms with Crippen LogP contribution in [0, 0.1) is 0 Å². The first kappa shape index (κ1) is 11.8. The molecule has 1 heterocycles. The van der Waals surface area contributed by atoms with Crippen molar-refractivity contribution in [2.75, 3.05) is 24.3 Å². The SMILES string of the molecule is CCC(C)(C)Nc1ccnc(N(C)C)n1. The second-order valence-corrected chi connectivity index (χ2v) is 4.50. The third kappa shape index (κ3) is 3.38. The molecule has 0 radical (unpaired) electrons. The van der Waals surface area contributed by atoms with Crippen LogP contribution in [0.3, 0.4) is 0 Å². The summed E-state index contributed by atoms with van der Waals surface area (Å²) in [6, 6.07) is 1.89. The normalized spacial score (nSPS) is 11.3. The Bertz CT molecular complexity index is 320. The summed E-state index contributed by atoms with van der Waals surface area (Å²) in [7, 11) is 3.87. The van der Waals surface area contributed by atoms with Gasteiger partial charge in [-0.2, -0.15) is 4.98 Å². The molecule has 1 N–H and O–H groups in total. The zero-order valence-electron chi connectivity index (χ0n) is 10.2. The highest BCUT2D eigenvalue weighted by atomic mass is 15.2. The maximum Gasteiger partial charge on any atom is 0.226 e. The van der Waals surface area contributed by atoms with E-state index < -0.39 is 0 Å². The van der Waals surface area contributed by atoms with Crippen LogP contribution in [-0.2, 0) is 0 Å². The van der Waals surface area contributed by atoms with Gasteiger partial charge in [0.15, 0.2) is 0 Å². The molecular formula is C11H20N4. The number of rotatable bonds is 4. The summed E-state index contributed by atoms with van der Waals surface area (Å²) in [5, 5.41) is 3.39. The van der Waals surface area contributed by atoms with E-state index in [4.69, 9.17) is 0 Å². The predicted molar refractivity (Wildman–Crippen MR) is 64.4 cm³/mol. The Morgan fingerprint density at radius 2 is 2.07 bits per heavy atom. The Morgan fingerprint density at radius 3 is 2.60 bits per heavy atom. The molecule has 0 saturated carbocycles. The summed E-state index contributed by atoms with van der Waals surface area (Å²) in [6.07, 6.45) is 2.82. The average molecular weight is 208 g/mol. The third-order valence-electron chi connectivity index (χ3n) is 2.39. The van der Waals surface area contributed by atoms with Crippen LogP contribution in [0.25, 0.3) is 0 Å². The molecule has 0 atom stereocenters. The number of hydrogen-bond acceptors (Lipinski definition) is 4. The van der Waals surface area contributed by atoms with Gasteiger partial charge in [0.25, 0.3) is 0 Å².